The van der Waals surface area contributed by atoms with Crippen molar-refractivity contribution in [2.75, 3.05) is 14.2 Å². The summed E-state index contributed by atoms with van der Waals surface area (Å²) in [6.07, 6.45) is 7.37. The van der Waals surface area contributed by atoms with E-state index < -0.39 is 0 Å². The largest absolute Gasteiger partial charge is 0.493 e. The van der Waals surface area contributed by atoms with Crippen molar-refractivity contribution in [2.45, 2.75) is 45.1 Å². The normalized spacial score (nSPS) is 34.0. The van der Waals surface area contributed by atoms with E-state index in [1.807, 2.05) is 24.3 Å². The van der Waals surface area contributed by atoms with E-state index in [1.54, 1.807) is 14.2 Å². The second kappa shape index (κ2) is 6.74. The Morgan fingerprint density at radius 1 is 1.26 bits per heavy atom. The van der Waals surface area contributed by atoms with Crippen molar-refractivity contribution in [2.24, 2.45) is 17.3 Å². The average molecular weight is 368 g/mol. The summed E-state index contributed by atoms with van der Waals surface area (Å²) in [5.41, 5.74) is 3.28. The van der Waals surface area contributed by atoms with Crippen molar-refractivity contribution in [3.8, 4) is 11.5 Å². The molecule has 1 heterocycles. The summed E-state index contributed by atoms with van der Waals surface area (Å²) in [4.78, 5) is 12.6. The first-order valence-electron chi connectivity index (χ1n) is 9.77. The average Bonchev–Trinajstić information content (AvgIpc) is 2.94. The van der Waals surface area contributed by atoms with Crippen LogP contribution in [0.3, 0.4) is 0 Å². The van der Waals surface area contributed by atoms with Gasteiger partial charge in [-0.05, 0) is 67.2 Å². The number of carbonyl (C=O) groups excluding carboxylic acids is 1. The van der Waals surface area contributed by atoms with E-state index >= 15 is 0 Å². The summed E-state index contributed by atoms with van der Waals surface area (Å²) in [6.45, 7) is 6.70. The monoisotopic (exact) mass is 368 g/mol. The molecule has 0 bridgehead atoms. The van der Waals surface area contributed by atoms with Crippen molar-refractivity contribution in [3.63, 3.8) is 0 Å². The number of carbonyl (C=O) groups is 1. The number of benzene rings is 1. The van der Waals surface area contributed by atoms with Crippen LogP contribution >= 0.6 is 0 Å². The molecule has 27 heavy (non-hydrogen) atoms. The van der Waals surface area contributed by atoms with Gasteiger partial charge in [-0.1, -0.05) is 25.1 Å². The van der Waals surface area contributed by atoms with Gasteiger partial charge in [0.25, 0.3) is 0 Å². The number of rotatable bonds is 3. The van der Waals surface area contributed by atoms with Gasteiger partial charge in [0.05, 0.1) is 14.2 Å². The van der Waals surface area contributed by atoms with E-state index in [2.05, 4.69) is 13.5 Å². The molecule has 0 unspecified atom stereocenters. The number of fused-ring (bicyclic) bond motifs is 2. The number of ether oxygens (including phenoxy) is 3. The fourth-order valence-electron chi connectivity index (χ4n) is 5.36. The van der Waals surface area contributed by atoms with Crippen LogP contribution in [0.1, 0.15) is 44.6 Å². The van der Waals surface area contributed by atoms with Gasteiger partial charge in [0.1, 0.15) is 6.10 Å². The van der Waals surface area contributed by atoms with Gasteiger partial charge < -0.3 is 14.2 Å². The first-order valence-corrected chi connectivity index (χ1v) is 9.77. The van der Waals surface area contributed by atoms with E-state index in [-0.39, 0.29) is 23.4 Å². The molecule has 1 aromatic carbocycles. The molecule has 0 aromatic heterocycles. The molecule has 4 atom stereocenters. The van der Waals surface area contributed by atoms with Gasteiger partial charge in [0.2, 0.25) is 0 Å². The molecule has 144 valence electrons. The lowest BCUT2D eigenvalue weighted by Gasteiger charge is -2.49. The highest BCUT2D eigenvalue weighted by Gasteiger charge is 2.53. The lowest BCUT2D eigenvalue weighted by molar-refractivity contribution is -0.142. The Labute approximate surface area is 161 Å². The molecule has 1 aromatic rings. The lowest BCUT2D eigenvalue weighted by Crippen LogP contribution is -2.43. The van der Waals surface area contributed by atoms with Crippen LogP contribution in [0.5, 0.6) is 11.5 Å². The summed E-state index contributed by atoms with van der Waals surface area (Å²) >= 11 is 0. The highest BCUT2D eigenvalue weighted by molar-refractivity contribution is 5.96. The van der Waals surface area contributed by atoms with Gasteiger partial charge in [0, 0.05) is 11.5 Å². The molecular weight excluding hydrogens is 340 g/mol. The van der Waals surface area contributed by atoms with Crippen molar-refractivity contribution in [1.29, 1.82) is 0 Å². The number of esters is 1. The van der Waals surface area contributed by atoms with Crippen molar-refractivity contribution in [1.82, 2.24) is 0 Å². The van der Waals surface area contributed by atoms with Gasteiger partial charge in [-0.3, -0.25) is 0 Å². The van der Waals surface area contributed by atoms with Gasteiger partial charge in [-0.25, -0.2) is 4.79 Å². The van der Waals surface area contributed by atoms with Gasteiger partial charge in [0.15, 0.2) is 11.5 Å². The zero-order valence-electron chi connectivity index (χ0n) is 16.4. The van der Waals surface area contributed by atoms with E-state index in [4.69, 9.17) is 14.2 Å². The van der Waals surface area contributed by atoms with E-state index in [0.717, 1.165) is 30.4 Å². The third kappa shape index (κ3) is 3.05. The van der Waals surface area contributed by atoms with Crippen LogP contribution in [-0.4, -0.2) is 26.3 Å². The van der Waals surface area contributed by atoms with E-state index in [0.29, 0.717) is 17.4 Å². The molecule has 4 heteroatoms. The number of allylic oxidation sites excluding steroid dienone is 1. The number of methoxy groups -OCH3 is 2. The fourth-order valence-corrected chi connectivity index (χ4v) is 5.36. The van der Waals surface area contributed by atoms with Crippen LogP contribution in [0, 0.1) is 17.3 Å². The molecule has 4 rings (SSSR count). The summed E-state index contributed by atoms with van der Waals surface area (Å²) in [7, 11) is 3.23. The molecule has 4 nitrogen and oxygen atoms in total. The van der Waals surface area contributed by atoms with Crippen LogP contribution in [0.15, 0.2) is 35.9 Å². The fraction of sp³-hybridized carbons (Fsp3) is 0.522. The first-order chi connectivity index (χ1) is 12.9. The molecular formula is C23H28O4. The first kappa shape index (κ1) is 18.1. The van der Waals surface area contributed by atoms with Crippen LogP contribution in [-0.2, 0) is 9.53 Å². The molecule has 0 spiro atoms. The Morgan fingerprint density at radius 2 is 2.04 bits per heavy atom. The number of hydrogen-bond donors (Lipinski definition) is 0. The smallest absolute Gasteiger partial charge is 0.334 e. The maximum atomic E-state index is 12.6. The van der Waals surface area contributed by atoms with Gasteiger partial charge in [-0.2, -0.15) is 0 Å². The maximum absolute atomic E-state index is 12.6. The van der Waals surface area contributed by atoms with Crippen LogP contribution in [0.4, 0.5) is 0 Å². The molecule has 1 saturated heterocycles. The van der Waals surface area contributed by atoms with Crippen molar-refractivity contribution < 1.29 is 19.0 Å². The molecule has 2 aliphatic carbocycles. The highest BCUT2D eigenvalue weighted by atomic mass is 16.6. The summed E-state index contributed by atoms with van der Waals surface area (Å²) < 4.78 is 16.5. The molecule has 3 fully saturated rings. The minimum atomic E-state index is -0.173. The van der Waals surface area contributed by atoms with Crippen LogP contribution in [0.25, 0.3) is 6.08 Å². The molecule has 0 N–H and O–H groups in total. The van der Waals surface area contributed by atoms with Crippen molar-refractivity contribution in [3.05, 3.63) is 41.5 Å². The maximum Gasteiger partial charge on any atom is 0.334 e. The predicted octanol–water partition coefficient (Wildman–Crippen LogP) is 4.79. The molecule has 0 amide bonds. The molecule has 1 aliphatic heterocycles. The summed E-state index contributed by atoms with van der Waals surface area (Å²) in [5.74, 6) is 1.80. The Kier molecular flexibility index (Phi) is 4.53. The predicted molar refractivity (Wildman–Crippen MR) is 105 cm³/mol. The Bertz CT molecular complexity index is 809. The zero-order valence-corrected chi connectivity index (χ0v) is 16.4. The Morgan fingerprint density at radius 3 is 2.78 bits per heavy atom. The third-order valence-electron chi connectivity index (χ3n) is 6.81. The molecule has 3 aliphatic rings. The summed E-state index contributed by atoms with van der Waals surface area (Å²) in [6, 6.07) is 5.71. The second-order valence-electron chi connectivity index (χ2n) is 8.42. The number of hydrogen-bond acceptors (Lipinski definition) is 4. The third-order valence-corrected chi connectivity index (χ3v) is 6.81. The van der Waals surface area contributed by atoms with Crippen LogP contribution < -0.4 is 9.47 Å². The van der Waals surface area contributed by atoms with E-state index in [9.17, 15) is 4.79 Å². The topological polar surface area (TPSA) is 44.8 Å². The Balaban J connectivity index is 1.65. The summed E-state index contributed by atoms with van der Waals surface area (Å²) in [5, 5.41) is 0. The molecule has 2 saturated carbocycles. The van der Waals surface area contributed by atoms with Crippen LogP contribution in [0.2, 0.25) is 0 Å². The second-order valence-corrected chi connectivity index (χ2v) is 8.42. The molecule has 0 radical (unpaired) electrons. The Hall–Kier alpha value is -2.23. The van der Waals surface area contributed by atoms with Gasteiger partial charge in [-0.15, -0.1) is 0 Å². The highest BCUT2D eigenvalue weighted by Crippen LogP contribution is 2.57. The van der Waals surface area contributed by atoms with Gasteiger partial charge >= 0.3 is 5.97 Å². The standard InChI is InChI=1S/C23H28O4/c1-14-6-5-9-23(2)13-21-16(12-18(14)23)17(22(24)27-21)10-15-7-8-19(25-3)20(11-15)26-4/h7-8,10-11,16,18,21H,1,5-6,9,12-13H2,2-4H3/b17-10+/t16-,18+,21-,23-/m1/s1. The minimum absolute atomic E-state index is 0.00366. The SMILES string of the molecule is C=C1CCC[C@]2(C)C[C@H]3OC(=O)/C(=C/c4ccc(OC)c(OC)c4)[C@H]3C[C@@H]12. The quantitative estimate of drug-likeness (QED) is 0.437. The van der Waals surface area contributed by atoms with E-state index in [1.165, 1.54) is 18.4 Å². The lowest BCUT2D eigenvalue weighted by atomic mass is 9.56. The minimum Gasteiger partial charge on any atom is -0.493 e. The van der Waals surface area contributed by atoms with Crippen molar-refractivity contribution >= 4 is 12.0 Å². The zero-order chi connectivity index (χ0) is 19.2.